The highest BCUT2D eigenvalue weighted by Gasteiger charge is 2.40. The number of aromatic nitrogens is 5. The van der Waals surface area contributed by atoms with E-state index >= 15 is 0 Å². The number of hydrogen-bond acceptors (Lipinski definition) is 9. The topological polar surface area (TPSA) is 117 Å². The van der Waals surface area contributed by atoms with Gasteiger partial charge in [0.2, 0.25) is 5.89 Å². The van der Waals surface area contributed by atoms with Crippen LogP contribution in [0.15, 0.2) is 45.7 Å². The van der Waals surface area contributed by atoms with Crippen LogP contribution in [-0.2, 0) is 7.05 Å². The lowest BCUT2D eigenvalue weighted by molar-refractivity contribution is 0.0973. The lowest BCUT2D eigenvalue weighted by Crippen LogP contribution is -2.58. The molecule has 0 N–H and O–H groups in total. The molecule has 2 unspecified atom stereocenters. The monoisotopic (exact) mass is 528 g/mol. The Morgan fingerprint density at radius 1 is 1.13 bits per heavy atom. The van der Waals surface area contributed by atoms with Gasteiger partial charge >= 0.3 is 5.69 Å². The first-order chi connectivity index (χ1) is 18.9. The van der Waals surface area contributed by atoms with Gasteiger partial charge < -0.3 is 9.42 Å². The molecule has 2 fully saturated rings. The maximum Gasteiger partial charge on any atom is 0.349 e. The molecule has 0 amide bonds. The number of anilines is 1. The van der Waals surface area contributed by atoms with Crippen molar-refractivity contribution in [3.05, 3.63) is 75.7 Å². The van der Waals surface area contributed by atoms with Crippen LogP contribution in [0.3, 0.4) is 0 Å². The molecule has 6 rings (SSSR count). The van der Waals surface area contributed by atoms with Crippen molar-refractivity contribution < 1.29 is 8.91 Å². The van der Waals surface area contributed by atoms with Crippen molar-refractivity contribution in [1.29, 1.82) is 5.26 Å². The number of hydrogen-bond donors (Lipinski definition) is 0. The summed E-state index contributed by atoms with van der Waals surface area (Å²) in [6.07, 6.45) is 2.92. The molecule has 3 aromatic heterocycles. The van der Waals surface area contributed by atoms with E-state index in [9.17, 15) is 14.4 Å². The van der Waals surface area contributed by atoms with Crippen molar-refractivity contribution in [2.45, 2.75) is 57.2 Å². The first-order valence-corrected chi connectivity index (χ1v) is 13.3. The molecule has 4 aromatic rings. The predicted molar refractivity (Wildman–Crippen MR) is 142 cm³/mol. The van der Waals surface area contributed by atoms with Crippen LogP contribution in [0.1, 0.15) is 68.0 Å². The van der Waals surface area contributed by atoms with Gasteiger partial charge in [-0.15, -0.1) is 0 Å². The van der Waals surface area contributed by atoms with Crippen LogP contribution in [0.2, 0.25) is 0 Å². The van der Waals surface area contributed by atoms with Gasteiger partial charge in [-0.05, 0) is 56.0 Å². The van der Waals surface area contributed by atoms with E-state index in [0.717, 1.165) is 30.7 Å². The lowest BCUT2D eigenvalue weighted by Gasteiger charge is -2.48. The van der Waals surface area contributed by atoms with Crippen LogP contribution in [0, 0.1) is 17.1 Å². The fourth-order valence-electron chi connectivity index (χ4n) is 5.50. The minimum absolute atomic E-state index is 0.0209. The van der Waals surface area contributed by atoms with Crippen molar-refractivity contribution in [1.82, 2.24) is 29.6 Å². The minimum atomic E-state index is -0.380. The molecule has 1 aliphatic heterocycles. The summed E-state index contributed by atoms with van der Waals surface area (Å²) in [7, 11) is 1.65. The van der Waals surface area contributed by atoms with Crippen LogP contribution >= 0.6 is 0 Å². The molecular formula is C28H29FN8O2. The number of halogens is 1. The van der Waals surface area contributed by atoms with Crippen molar-refractivity contribution in [3.8, 4) is 6.07 Å². The molecule has 3 atom stereocenters. The third-order valence-corrected chi connectivity index (χ3v) is 7.83. The minimum Gasteiger partial charge on any atom is -0.349 e. The van der Waals surface area contributed by atoms with Crippen LogP contribution in [0.4, 0.5) is 10.2 Å². The quantitative estimate of drug-likeness (QED) is 0.369. The maximum absolute atomic E-state index is 13.9. The summed E-state index contributed by atoms with van der Waals surface area (Å²) in [4.78, 5) is 31.0. The van der Waals surface area contributed by atoms with Gasteiger partial charge in [0.05, 0.1) is 5.52 Å². The van der Waals surface area contributed by atoms with Gasteiger partial charge in [0.25, 0.3) is 0 Å². The van der Waals surface area contributed by atoms with E-state index in [0.29, 0.717) is 41.7 Å². The molecule has 1 aromatic carbocycles. The van der Waals surface area contributed by atoms with Gasteiger partial charge in [-0.3, -0.25) is 9.47 Å². The molecule has 1 saturated carbocycles. The molecule has 0 spiro atoms. The highest BCUT2D eigenvalue weighted by Crippen LogP contribution is 2.40. The number of piperazine rings is 1. The Morgan fingerprint density at radius 3 is 2.59 bits per heavy atom. The average Bonchev–Trinajstić information content (AvgIpc) is 3.69. The Labute approximate surface area is 224 Å². The zero-order chi connectivity index (χ0) is 27.3. The number of nitrogens with zero attached hydrogens (tertiary/aromatic N) is 8. The summed E-state index contributed by atoms with van der Waals surface area (Å²) in [5.41, 5.74) is 1.90. The van der Waals surface area contributed by atoms with Gasteiger partial charge in [-0.2, -0.15) is 15.2 Å². The fraction of sp³-hybridized carbons (Fsp3) is 0.429. The van der Waals surface area contributed by atoms with Crippen molar-refractivity contribution in [3.63, 3.8) is 0 Å². The van der Waals surface area contributed by atoms with Crippen molar-refractivity contribution in [2.24, 2.45) is 7.05 Å². The van der Waals surface area contributed by atoms with Crippen LogP contribution in [0.25, 0.3) is 11.0 Å². The molecule has 2 aliphatic rings. The normalized spacial score (nSPS) is 20.7. The lowest BCUT2D eigenvalue weighted by atomic mass is 9.97. The second kappa shape index (κ2) is 9.85. The maximum atomic E-state index is 13.9. The predicted octanol–water partition coefficient (Wildman–Crippen LogP) is 3.68. The summed E-state index contributed by atoms with van der Waals surface area (Å²) < 4.78 is 21.1. The van der Waals surface area contributed by atoms with Crippen molar-refractivity contribution >= 4 is 16.9 Å². The summed E-state index contributed by atoms with van der Waals surface area (Å²) in [6, 6.07) is 11.5. The first kappa shape index (κ1) is 25.1. The number of aryl methyl sites for hydroxylation is 1. The molecule has 0 bridgehead atoms. The number of rotatable bonds is 6. The molecule has 1 saturated heterocycles. The first-order valence-electron chi connectivity index (χ1n) is 13.3. The fourth-order valence-corrected chi connectivity index (χ4v) is 5.50. The third kappa shape index (κ3) is 4.55. The van der Waals surface area contributed by atoms with Gasteiger partial charge in [0.15, 0.2) is 11.6 Å². The molecule has 10 nitrogen and oxygen atoms in total. The van der Waals surface area contributed by atoms with E-state index in [1.54, 1.807) is 31.3 Å². The SMILES string of the molecule is CCC1CN(c2nc(=O)n(C)c3ccc(C#N)nc23)[C@@H](C)CN1C(c1ccc(F)cc1)c1nc(C2CC2)no1. The second-order valence-electron chi connectivity index (χ2n) is 10.4. The standard InChI is InChI=1S/C28H29FN8O2/c1-4-21-15-36(26-23-22(35(3)28(38)33-26)12-11-20(13-30)31-23)16(2)14-37(21)24(17-7-9-19(29)10-8-17)27-32-25(34-39-27)18-5-6-18/h7-12,16,18,21,24H,4-6,14-15H2,1-3H3/t16-,21?,24?/m0/s1. The van der Waals surface area contributed by atoms with E-state index < -0.39 is 0 Å². The number of pyridine rings is 1. The molecule has 1 aliphatic carbocycles. The van der Waals surface area contributed by atoms with Gasteiger partial charge in [0.1, 0.15) is 29.1 Å². The van der Waals surface area contributed by atoms with Crippen molar-refractivity contribution in [2.75, 3.05) is 18.0 Å². The van der Waals surface area contributed by atoms with E-state index in [4.69, 9.17) is 9.51 Å². The van der Waals surface area contributed by atoms with E-state index in [-0.39, 0.29) is 35.3 Å². The zero-order valence-electron chi connectivity index (χ0n) is 22.1. The Morgan fingerprint density at radius 2 is 1.90 bits per heavy atom. The summed E-state index contributed by atoms with van der Waals surface area (Å²) in [6.45, 7) is 5.34. The van der Waals surface area contributed by atoms with E-state index in [2.05, 4.69) is 44.8 Å². The molecule has 39 heavy (non-hydrogen) atoms. The van der Waals surface area contributed by atoms with Gasteiger partial charge in [0, 0.05) is 38.1 Å². The zero-order valence-corrected chi connectivity index (χ0v) is 22.1. The van der Waals surface area contributed by atoms with E-state index in [1.807, 2.05) is 0 Å². The smallest absolute Gasteiger partial charge is 0.349 e. The average molecular weight is 529 g/mol. The number of nitriles is 1. The second-order valence-corrected chi connectivity index (χ2v) is 10.4. The Kier molecular flexibility index (Phi) is 6.35. The summed E-state index contributed by atoms with van der Waals surface area (Å²) >= 11 is 0. The Bertz CT molecular complexity index is 1620. The number of benzene rings is 1. The van der Waals surface area contributed by atoms with Gasteiger partial charge in [-0.25, -0.2) is 14.2 Å². The largest absolute Gasteiger partial charge is 0.349 e. The highest BCUT2D eigenvalue weighted by atomic mass is 19.1. The Hall–Kier alpha value is -4.17. The third-order valence-electron chi connectivity index (χ3n) is 7.83. The molecule has 4 heterocycles. The van der Waals surface area contributed by atoms with Crippen LogP contribution < -0.4 is 10.6 Å². The molecular weight excluding hydrogens is 499 g/mol. The summed E-state index contributed by atoms with van der Waals surface area (Å²) in [5, 5.41) is 13.7. The van der Waals surface area contributed by atoms with Crippen LogP contribution in [-0.4, -0.2) is 54.7 Å². The van der Waals surface area contributed by atoms with Crippen LogP contribution in [0.5, 0.6) is 0 Å². The number of fused-ring (bicyclic) bond motifs is 1. The molecule has 200 valence electrons. The highest BCUT2D eigenvalue weighted by molar-refractivity contribution is 5.86. The molecule has 11 heteroatoms. The van der Waals surface area contributed by atoms with E-state index in [1.165, 1.54) is 16.7 Å². The summed E-state index contributed by atoms with van der Waals surface area (Å²) in [5.74, 6) is 1.75. The Balaban J connectivity index is 1.40. The molecule has 0 radical (unpaired) electrons. The van der Waals surface area contributed by atoms with Gasteiger partial charge in [-0.1, -0.05) is 24.2 Å².